The summed E-state index contributed by atoms with van der Waals surface area (Å²) in [6.07, 6.45) is 1.55. The topological polar surface area (TPSA) is 77.0 Å². The van der Waals surface area contributed by atoms with Crippen molar-refractivity contribution in [1.29, 1.82) is 0 Å². The number of para-hydroxylation sites is 1. The Labute approximate surface area is 116 Å². The Morgan fingerprint density at radius 2 is 1.65 bits per heavy atom. The van der Waals surface area contributed by atoms with Crippen molar-refractivity contribution in [2.45, 2.75) is 6.42 Å². The molecule has 0 saturated carbocycles. The summed E-state index contributed by atoms with van der Waals surface area (Å²) < 4.78 is 0. The summed E-state index contributed by atoms with van der Waals surface area (Å²) >= 11 is 0. The lowest BCUT2D eigenvalue weighted by Crippen LogP contribution is -2.04. The average Bonchev–Trinajstić information content (AvgIpc) is 2.91. The van der Waals surface area contributed by atoms with Crippen molar-refractivity contribution < 1.29 is 5.11 Å². The Hall–Kier alpha value is -2.82. The minimum absolute atomic E-state index is 0.120. The lowest BCUT2D eigenvalue weighted by molar-refractivity contribution is 0.396. The fourth-order valence-corrected chi connectivity index (χ4v) is 2.08. The van der Waals surface area contributed by atoms with Gasteiger partial charge in [-0.2, -0.15) is 4.80 Å². The fraction of sp³-hybridized carbons (Fsp3) is 0.0667. The van der Waals surface area contributed by atoms with E-state index >= 15 is 0 Å². The molecule has 5 nitrogen and oxygen atoms in total. The molecule has 0 aliphatic carbocycles. The number of hydrogen-bond acceptors (Lipinski definition) is 4. The van der Waals surface area contributed by atoms with E-state index in [1.54, 1.807) is 4.80 Å². The summed E-state index contributed by atoms with van der Waals surface area (Å²) in [6.45, 7) is 0. The largest absolute Gasteiger partial charge is 0.510 e. The van der Waals surface area contributed by atoms with Crippen molar-refractivity contribution in [2.24, 2.45) is 5.73 Å². The highest BCUT2D eigenvalue weighted by Crippen LogP contribution is 2.17. The summed E-state index contributed by atoms with van der Waals surface area (Å²) in [5, 5.41) is 18.5. The van der Waals surface area contributed by atoms with Gasteiger partial charge < -0.3 is 10.8 Å². The molecule has 0 amide bonds. The van der Waals surface area contributed by atoms with Crippen LogP contribution in [0.3, 0.4) is 0 Å². The second-order valence-corrected chi connectivity index (χ2v) is 4.44. The first-order chi connectivity index (χ1) is 9.78. The second-order valence-electron chi connectivity index (χ2n) is 4.44. The number of aliphatic hydroxyl groups excluding tert-OH is 1. The van der Waals surface area contributed by atoms with Gasteiger partial charge in [-0.3, -0.25) is 0 Å². The van der Waals surface area contributed by atoms with Gasteiger partial charge in [0, 0.05) is 12.6 Å². The molecule has 0 unspecified atom stereocenters. The molecule has 0 spiro atoms. The normalized spacial score (nSPS) is 11.9. The Morgan fingerprint density at radius 3 is 2.30 bits per heavy atom. The maximum atomic E-state index is 9.61. The third-order valence-electron chi connectivity index (χ3n) is 3.06. The average molecular weight is 266 g/mol. The van der Waals surface area contributed by atoms with Crippen molar-refractivity contribution in [2.75, 3.05) is 0 Å². The minimum Gasteiger partial charge on any atom is -0.510 e. The first-order valence-corrected chi connectivity index (χ1v) is 6.28. The van der Waals surface area contributed by atoms with E-state index in [4.69, 9.17) is 5.73 Å². The molecular weight excluding hydrogens is 252 g/mol. The van der Waals surface area contributed by atoms with Gasteiger partial charge in [0.2, 0.25) is 0 Å². The van der Waals surface area contributed by atoms with Gasteiger partial charge in [0.05, 0.1) is 5.69 Å². The number of benzene rings is 2. The third kappa shape index (κ3) is 2.21. The first kappa shape index (κ1) is 12.2. The van der Waals surface area contributed by atoms with E-state index in [0.717, 1.165) is 22.3 Å². The second kappa shape index (κ2) is 5.05. The highest BCUT2D eigenvalue weighted by Gasteiger charge is 2.09. The molecule has 3 aromatic rings. The van der Waals surface area contributed by atoms with Crippen molar-refractivity contribution in [1.82, 2.24) is 15.0 Å². The molecule has 0 radical (unpaired) electrons. The number of nitrogens with zero attached hydrogens (tertiary/aromatic N) is 3. The van der Waals surface area contributed by atoms with Crippen LogP contribution in [0, 0.1) is 0 Å². The van der Waals surface area contributed by atoms with E-state index < -0.39 is 0 Å². The molecule has 0 atom stereocenters. The Bertz CT molecular complexity index is 743. The number of nitrogens with two attached hydrogens (primary N) is 1. The van der Waals surface area contributed by atoms with E-state index in [-0.39, 0.29) is 5.76 Å². The van der Waals surface area contributed by atoms with Crippen LogP contribution in [0.1, 0.15) is 5.56 Å². The summed E-state index contributed by atoms with van der Waals surface area (Å²) in [5.74, 6) is 0.120. The summed E-state index contributed by atoms with van der Waals surface area (Å²) in [6, 6.07) is 15.3. The van der Waals surface area contributed by atoms with Crippen LogP contribution >= 0.6 is 0 Å². The Kier molecular flexibility index (Phi) is 3.09. The van der Waals surface area contributed by atoms with Crippen LogP contribution in [-0.4, -0.2) is 20.1 Å². The molecule has 0 bridgehead atoms. The third-order valence-corrected chi connectivity index (χ3v) is 3.06. The van der Waals surface area contributed by atoms with E-state index in [1.165, 1.54) is 6.20 Å². The fourth-order valence-electron chi connectivity index (χ4n) is 2.08. The van der Waals surface area contributed by atoms with Crippen LogP contribution in [0.5, 0.6) is 0 Å². The number of aromatic nitrogens is 3. The first-order valence-electron chi connectivity index (χ1n) is 6.28. The molecule has 3 rings (SSSR count). The lowest BCUT2D eigenvalue weighted by Gasteiger charge is -2.07. The van der Waals surface area contributed by atoms with Gasteiger partial charge in [0.25, 0.3) is 0 Å². The van der Waals surface area contributed by atoms with Crippen LogP contribution in [0.4, 0.5) is 0 Å². The smallest absolute Gasteiger partial charge is 0.113 e. The molecule has 2 aromatic carbocycles. The number of allylic oxidation sites excluding steroid dienone is 1. The number of rotatable bonds is 3. The molecular formula is C15H14N4O. The molecule has 3 N–H and O–H groups in total. The molecule has 1 aromatic heterocycles. The predicted molar refractivity (Wildman–Crippen MR) is 77.5 cm³/mol. The number of aliphatic hydroxyl groups is 1. The monoisotopic (exact) mass is 266 g/mol. The minimum atomic E-state index is 0.120. The lowest BCUT2D eigenvalue weighted by atomic mass is 10.1. The van der Waals surface area contributed by atoms with E-state index in [0.29, 0.717) is 6.42 Å². The van der Waals surface area contributed by atoms with Crippen LogP contribution in [0.25, 0.3) is 16.7 Å². The Balaban J connectivity index is 2.09. The predicted octanol–water partition coefficient (Wildman–Crippen LogP) is 2.32. The molecule has 0 saturated heterocycles. The molecule has 0 aliphatic heterocycles. The summed E-state index contributed by atoms with van der Waals surface area (Å²) in [4.78, 5) is 1.59. The molecule has 20 heavy (non-hydrogen) atoms. The molecule has 1 heterocycles. The van der Waals surface area contributed by atoms with Gasteiger partial charge in [-0.25, -0.2) is 0 Å². The zero-order valence-electron chi connectivity index (χ0n) is 10.8. The maximum absolute atomic E-state index is 9.61. The van der Waals surface area contributed by atoms with Gasteiger partial charge in [0.15, 0.2) is 0 Å². The number of fused-ring (bicyclic) bond motifs is 1. The summed E-state index contributed by atoms with van der Waals surface area (Å²) in [5.41, 5.74) is 8.73. The van der Waals surface area contributed by atoms with Crippen LogP contribution in [-0.2, 0) is 6.42 Å². The molecule has 0 fully saturated rings. The van der Waals surface area contributed by atoms with E-state index in [2.05, 4.69) is 10.2 Å². The number of hydrogen-bond donors (Lipinski definition) is 2. The van der Waals surface area contributed by atoms with Gasteiger partial charge in [-0.05, 0) is 23.8 Å². The van der Waals surface area contributed by atoms with Gasteiger partial charge in [0.1, 0.15) is 16.8 Å². The van der Waals surface area contributed by atoms with Gasteiger partial charge >= 0.3 is 0 Å². The standard InChI is InChI=1S/C15H14N4O/c16-10-12(20)9-11-5-1-4-8-15(11)19-17-13-6-2-3-7-14(13)18-19/h1-8,10,20H,9,16H2. The van der Waals surface area contributed by atoms with Crippen molar-refractivity contribution >= 4 is 11.0 Å². The van der Waals surface area contributed by atoms with Crippen molar-refractivity contribution in [3.8, 4) is 5.69 Å². The molecule has 0 aliphatic rings. The van der Waals surface area contributed by atoms with Gasteiger partial charge in [-0.15, -0.1) is 10.2 Å². The quantitative estimate of drug-likeness (QED) is 0.713. The van der Waals surface area contributed by atoms with E-state index in [9.17, 15) is 5.11 Å². The van der Waals surface area contributed by atoms with Crippen molar-refractivity contribution in [3.05, 3.63) is 66.1 Å². The Morgan fingerprint density at radius 1 is 1.05 bits per heavy atom. The molecule has 5 heteroatoms. The van der Waals surface area contributed by atoms with Crippen LogP contribution in [0.2, 0.25) is 0 Å². The van der Waals surface area contributed by atoms with E-state index in [1.807, 2.05) is 48.5 Å². The van der Waals surface area contributed by atoms with Crippen molar-refractivity contribution in [3.63, 3.8) is 0 Å². The highest BCUT2D eigenvalue weighted by molar-refractivity contribution is 5.73. The highest BCUT2D eigenvalue weighted by atomic mass is 16.3. The van der Waals surface area contributed by atoms with Gasteiger partial charge in [-0.1, -0.05) is 30.3 Å². The molecule has 100 valence electrons. The van der Waals surface area contributed by atoms with Crippen LogP contribution in [0.15, 0.2) is 60.5 Å². The zero-order chi connectivity index (χ0) is 13.9. The SMILES string of the molecule is NC=C(O)Cc1ccccc1-n1nc2ccccc2n1. The van der Waals surface area contributed by atoms with Crippen LogP contribution < -0.4 is 5.73 Å². The maximum Gasteiger partial charge on any atom is 0.113 e. The zero-order valence-corrected chi connectivity index (χ0v) is 10.8. The summed E-state index contributed by atoms with van der Waals surface area (Å²) in [7, 11) is 0.